The average Bonchev–Trinajstić information content (AvgIpc) is 3.08. The first-order valence-corrected chi connectivity index (χ1v) is 7.78. The molecule has 3 atom stereocenters. The molecule has 3 unspecified atom stereocenters. The molecular formula is C16H23N3O3. The molecule has 2 bridgehead atoms. The van der Waals surface area contributed by atoms with Crippen molar-refractivity contribution < 1.29 is 14.3 Å². The van der Waals surface area contributed by atoms with Crippen molar-refractivity contribution in [3.63, 3.8) is 0 Å². The van der Waals surface area contributed by atoms with Gasteiger partial charge in [0.2, 0.25) is 5.91 Å². The maximum atomic E-state index is 11.9. The molecule has 4 rings (SSSR count). The largest absolute Gasteiger partial charge is 0.382 e. The lowest BCUT2D eigenvalue weighted by molar-refractivity contribution is -0.128. The Morgan fingerprint density at radius 2 is 2.36 bits per heavy atom. The van der Waals surface area contributed by atoms with Crippen molar-refractivity contribution in [2.45, 2.75) is 25.0 Å². The number of carbonyl (C=O) groups is 1. The molecule has 6 nitrogen and oxygen atoms in total. The first kappa shape index (κ1) is 15.4. The Morgan fingerprint density at radius 1 is 1.45 bits per heavy atom. The summed E-state index contributed by atoms with van der Waals surface area (Å²) in [6, 6.07) is 6.70. The molecule has 0 radical (unpaired) electrons. The summed E-state index contributed by atoms with van der Waals surface area (Å²) in [5.41, 5.74) is 1.09. The summed E-state index contributed by atoms with van der Waals surface area (Å²) in [5.74, 6) is 0.534. The summed E-state index contributed by atoms with van der Waals surface area (Å²) in [6.07, 6.45) is 2.99. The fraction of sp³-hybridized carbons (Fsp3) is 0.625. The van der Waals surface area contributed by atoms with Crippen LogP contribution in [0.3, 0.4) is 0 Å². The van der Waals surface area contributed by atoms with Crippen molar-refractivity contribution in [2.24, 2.45) is 5.92 Å². The van der Waals surface area contributed by atoms with Crippen LogP contribution >= 0.6 is 0 Å². The van der Waals surface area contributed by atoms with Gasteiger partial charge in [-0.2, -0.15) is 0 Å². The van der Waals surface area contributed by atoms with E-state index in [1.54, 1.807) is 7.11 Å². The number of nitrogens with one attached hydrogen (secondary N) is 1. The van der Waals surface area contributed by atoms with E-state index in [1.807, 2.05) is 24.4 Å². The van der Waals surface area contributed by atoms with Gasteiger partial charge in [0.1, 0.15) is 6.61 Å². The number of rotatable bonds is 8. The lowest BCUT2D eigenvalue weighted by Crippen LogP contribution is -2.55. The average molecular weight is 305 g/mol. The molecule has 1 saturated carbocycles. The quantitative estimate of drug-likeness (QED) is 0.706. The van der Waals surface area contributed by atoms with Crippen molar-refractivity contribution >= 4 is 5.91 Å². The van der Waals surface area contributed by atoms with Gasteiger partial charge < -0.3 is 14.8 Å². The lowest BCUT2D eigenvalue weighted by Gasteiger charge is -2.37. The zero-order valence-electron chi connectivity index (χ0n) is 12.9. The van der Waals surface area contributed by atoms with Crippen LogP contribution in [0.1, 0.15) is 12.1 Å². The highest BCUT2D eigenvalue weighted by Gasteiger charge is 2.52. The third kappa shape index (κ3) is 3.45. The van der Waals surface area contributed by atoms with Crippen molar-refractivity contribution in [3.05, 3.63) is 30.1 Å². The first-order valence-electron chi connectivity index (χ1n) is 7.78. The number of fused-ring (bicyclic) bond motifs is 1. The highest BCUT2D eigenvalue weighted by Crippen LogP contribution is 2.41. The Balaban J connectivity index is 1.43. The van der Waals surface area contributed by atoms with Crippen LogP contribution < -0.4 is 5.32 Å². The van der Waals surface area contributed by atoms with Crippen molar-refractivity contribution in [1.82, 2.24) is 15.2 Å². The maximum absolute atomic E-state index is 11.9. The number of methoxy groups -OCH3 is 1. The van der Waals surface area contributed by atoms with Crippen LogP contribution in [-0.4, -0.2) is 61.3 Å². The Bertz CT molecular complexity index is 497. The first-order chi connectivity index (χ1) is 10.8. The molecular weight excluding hydrogens is 282 g/mol. The zero-order valence-corrected chi connectivity index (χ0v) is 12.9. The Hall–Kier alpha value is -1.50. The maximum Gasteiger partial charge on any atom is 0.246 e. The third-order valence-corrected chi connectivity index (χ3v) is 4.49. The summed E-state index contributed by atoms with van der Waals surface area (Å²) < 4.78 is 10.1. The van der Waals surface area contributed by atoms with E-state index in [2.05, 4.69) is 15.2 Å². The van der Waals surface area contributed by atoms with Gasteiger partial charge in [-0.25, -0.2) is 0 Å². The second kappa shape index (κ2) is 7.17. The minimum Gasteiger partial charge on any atom is -0.382 e. The number of carbonyl (C=O) groups excluding carboxylic acids is 1. The van der Waals surface area contributed by atoms with E-state index in [0.29, 0.717) is 25.2 Å². The molecule has 0 spiro atoms. The number of hydrogen-bond acceptors (Lipinski definition) is 5. The second-order valence-electron chi connectivity index (χ2n) is 5.95. The molecule has 1 aromatic heterocycles. The fourth-order valence-corrected chi connectivity index (χ4v) is 3.35. The Kier molecular flexibility index (Phi) is 5.02. The summed E-state index contributed by atoms with van der Waals surface area (Å²) in [4.78, 5) is 18.7. The van der Waals surface area contributed by atoms with Gasteiger partial charge >= 0.3 is 0 Å². The summed E-state index contributed by atoms with van der Waals surface area (Å²) in [7, 11) is 1.62. The Morgan fingerprint density at radius 3 is 3.14 bits per heavy atom. The topological polar surface area (TPSA) is 63.7 Å². The molecule has 1 N–H and O–H groups in total. The number of hydrogen-bond donors (Lipinski definition) is 1. The molecule has 1 aromatic rings. The molecule has 0 aromatic carbocycles. The van der Waals surface area contributed by atoms with Crippen LogP contribution in [0.15, 0.2) is 24.4 Å². The van der Waals surface area contributed by atoms with Gasteiger partial charge in [0, 0.05) is 38.5 Å². The number of ether oxygens (including phenoxy) is 2. The van der Waals surface area contributed by atoms with Crippen molar-refractivity contribution in [1.29, 1.82) is 0 Å². The third-order valence-electron chi connectivity index (χ3n) is 4.49. The van der Waals surface area contributed by atoms with Gasteiger partial charge in [-0.05, 0) is 24.5 Å². The molecule has 2 saturated heterocycles. The smallest absolute Gasteiger partial charge is 0.246 e. The van der Waals surface area contributed by atoms with Crippen molar-refractivity contribution in [2.75, 3.05) is 33.5 Å². The summed E-state index contributed by atoms with van der Waals surface area (Å²) in [6.45, 7) is 2.97. The SMILES string of the molecule is COCCOCC(=O)NC1C2CC1N(Cc1ccccn1)C2. The van der Waals surface area contributed by atoms with Crippen LogP contribution in [0.2, 0.25) is 0 Å². The predicted molar refractivity (Wildman–Crippen MR) is 81.2 cm³/mol. The predicted octanol–water partition coefficient (Wildman–Crippen LogP) is 0.434. The van der Waals surface area contributed by atoms with Crippen LogP contribution in [0.4, 0.5) is 0 Å². The van der Waals surface area contributed by atoms with E-state index in [-0.39, 0.29) is 18.6 Å². The monoisotopic (exact) mass is 305 g/mol. The van der Waals surface area contributed by atoms with Gasteiger partial charge in [0.15, 0.2) is 0 Å². The second-order valence-corrected chi connectivity index (χ2v) is 5.95. The Labute approximate surface area is 130 Å². The van der Waals surface area contributed by atoms with E-state index in [4.69, 9.17) is 9.47 Å². The molecule has 3 fully saturated rings. The van der Waals surface area contributed by atoms with E-state index in [0.717, 1.165) is 18.8 Å². The standard InChI is InChI=1S/C16H23N3O3/c1-21-6-7-22-11-15(20)18-16-12-8-14(16)19(9-12)10-13-4-2-3-5-17-13/h2-5,12,14,16H,6-11H2,1H3,(H,18,20). The molecule has 3 aliphatic rings. The minimum atomic E-state index is -0.0320. The number of aromatic nitrogens is 1. The number of nitrogens with zero attached hydrogens (tertiary/aromatic N) is 2. The van der Waals surface area contributed by atoms with Crippen LogP contribution in [-0.2, 0) is 20.8 Å². The van der Waals surface area contributed by atoms with Crippen molar-refractivity contribution in [3.8, 4) is 0 Å². The van der Waals surface area contributed by atoms with Gasteiger partial charge in [-0.3, -0.25) is 14.7 Å². The van der Waals surface area contributed by atoms with Gasteiger partial charge in [-0.1, -0.05) is 6.07 Å². The summed E-state index contributed by atoms with van der Waals surface area (Å²) >= 11 is 0. The highest BCUT2D eigenvalue weighted by atomic mass is 16.5. The molecule has 120 valence electrons. The molecule has 22 heavy (non-hydrogen) atoms. The van der Waals surface area contributed by atoms with E-state index in [9.17, 15) is 4.79 Å². The molecule has 2 aliphatic heterocycles. The van der Waals surface area contributed by atoms with E-state index < -0.39 is 0 Å². The van der Waals surface area contributed by atoms with Gasteiger partial charge in [-0.15, -0.1) is 0 Å². The normalized spacial score (nSPS) is 26.7. The molecule has 3 heterocycles. The fourth-order valence-electron chi connectivity index (χ4n) is 3.35. The van der Waals surface area contributed by atoms with E-state index >= 15 is 0 Å². The molecule has 1 amide bonds. The molecule has 6 heteroatoms. The molecule has 1 aliphatic carbocycles. The van der Waals surface area contributed by atoms with Crippen LogP contribution in [0.5, 0.6) is 0 Å². The minimum absolute atomic E-state index is 0.0320. The van der Waals surface area contributed by atoms with E-state index in [1.165, 1.54) is 6.42 Å². The summed E-state index contributed by atoms with van der Waals surface area (Å²) in [5, 5.41) is 3.10. The lowest BCUT2D eigenvalue weighted by atomic mass is 9.80. The number of amides is 1. The van der Waals surface area contributed by atoms with Gasteiger partial charge in [0.05, 0.1) is 18.9 Å². The van der Waals surface area contributed by atoms with Gasteiger partial charge in [0.25, 0.3) is 0 Å². The zero-order chi connectivity index (χ0) is 15.4. The van der Waals surface area contributed by atoms with Crippen LogP contribution in [0, 0.1) is 5.92 Å². The number of pyridine rings is 1. The van der Waals surface area contributed by atoms with Crippen LogP contribution in [0.25, 0.3) is 0 Å². The highest BCUT2D eigenvalue weighted by molar-refractivity contribution is 5.77.